The highest BCUT2D eigenvalue weighted by Crippen LogP contribution is 2.13. The van der Waals surface area contributed by atoms with Gasteiger partial charge in [-0.2, -0.15) is 5.10 Å². The van der Waals surface area contributed by atoms with E-state index in [0.29, 0.717) is 0 Å². The summed E-state index contributed by atoms with van der Waals surface area (Å²) in [5.74, 6) is 0. The minimum atomic E-state index is 0.796. The van der Waals surface area contributed by atoms with Crippen molar-refractivity contribution in [3.05, 3.63) is 29.2 Å². The summed E-state index contributed by atoms with van der Waals surface area (Å²) < 4.78 is 0. The molecule has 4 heteroatoms. The zero-order chi connectivity index (χ0) is 7.52. The molecule has 0 atom stereocenters. The first-order valence-corrected chi connectivity index (χ1v) is 3.94. The molecule has 0 bridgehead atoms. The van der Waals surface area contributed by atoms with Crippen LogP contribution in [0.4, 0.5) is 0 Å². The highest BCUT2D eigenvalue weighted by Gasteiger charge is 1.98. The summed E-state index contributed by atoms with van der Waals surface area (Å²) in [6.45, 7) is 0. The molecule has 0 amide bonds. The molecule has 0 fully saturated rings. The van der Waals surface area contributed by atoms with Crippen molar-refractivity contribution in [2.75, 3.05) is 0 Å². The minimum Gasteiger partial charge on any atom is -0.232 e. The smallest absolute Gasteiger partial charge is 0.152 e. The van der Waals surface area contributed by atoms with Gasteiger partial charge in [-0.05, 0) is 12.1 Å². The Morgan fingerprint density at radius 1 is 1.36 bits per heavy atom. The third-order valence-corrected chi connectivity index (χ3v) is 1.76. The lowest BCUT2D eigenvalue weighted by atomic mass is 10.3. The third-order valence-electron chi connectivity index (χ3n) is 1.22. The van der Waals surface area contributed by atoms with Gasteiger partial charge in [0.15, 0.2) is 5.51 Å². The molecule has 11 heavy (non-hydrogen) atoms. The van der Waals surface area contributed by atoms with Gasteiger partial charge in [0.2, 0.25) is 0 Å². The second kappa shape index (κ2) is 2.75. The van der Waals surface area contributed by atoms with Crippen molar-refractivity contribution >= 4 is 11.3 Å². The van der Waals surface area contributed by atoms with Gasteiger partial charge < -0.3 is 0 Å². The average Bonchev–Trinajstić information content (AvgIpc) is 2.58. The Kier molecular flexibility index (Phi) is 1.61. The second-order valence-corrected chi connectivity index (χ2v) is 2.59. The van der Waals surface area contributed by atoms with E-state index < -0.39 is 0 Å². The first kappa shape index (κ1) is 6.42. The number of hydrogen-bond acceptors (Lipinski definition) is 4. The van der Waals surface area contributed by atoms with E-state index in [0.717, 1.165) is 11.4 Å². The normalized spacial score (nSPS) is 9.82. The van der Waals surface area contributed by atoms with Crippen molar-refractivity contribution in [1.82, 2.24) is 15.2 Å². The van der Waals surface area contributed by atoms with E-state index in [9.17, 15) is 0 Å². The summed E-state index contributed by atoms with van der Waals surface area (Å²) in [6, 6.07) is 3.71. The van der Waals surface area contributed by atoms with Crippen LogP contribution in [0, 0.1) is 5.51 Å². The molecule has 0 unspecified atom stereocenters. The highest BCUT2D eigenvalue weighted by atomic mass is 32.1. The molecule has 0 aliphatic carbocycles. The summed E-state index contributed by atoms with van der Waals surface area (Å²) in [5, 5.41) is 9.53. The van der Waals surface area contributed by atoms with Gasteiger partial charge in [-0.1, -0.05) is 0 Å². The zero-order valence-electron chi connectivity index (χ0n) is 5.56. The van der Waals surface area contributed by atoms with Gasteiger partial charge in [-0.25, -0.2) is 4.98 Å². The van der Waals surface area contributed by atoms with Gasteiger partial charge in [0.05, 0.1) is 0 Å². The largest absolute Gasteiger partial charge is 0.232 e. The van der Waals surface area contributed by atoms with Crippen LogP contribution >= 0.6 is 11.3 Å². The van der Waals surface area contributed by atoms with Crippen molar-refractivity contribution in [3.8, 4) is 11.4 Å². The number of aromatic nitrogens is 3. The predicted octanol–water partition coefficient (Wildman–Crippen LogP) is 1.40. The molecule has 0 aliphatic rings. The number of hydrogen-bond donors (Lipinski definition) is 0. The summed E-state index contributed by atoms with van der Waals surface area (Å²) in [7, 11) is 0. The third kappa shape index (κ3) is 1.25. The number of nitrogens with zero attached hydrogens (tertiary/aromatic N) is 3. The standard InChI is InChI=1S/C7H4N3S/c1-2-6(10-9-3-1)7-4-11-5-8-7/h1-4H. The Morgan fingerprint density at radius 3 is 3.00 bits per heavy atom. The van der Waals surface area contributed by atoms with E-state index in [1.807, 2.05) is 17.5 Å². The summed E-state index contributed by atoms with van der Waals surface area (Å²) >= 11 is 1.43. The molecule has 2 heterocycles. The Bertz CT molecular complexity index is 317. The molecule has 1 radical (unpaired) electrons. The molecule has 2 rings (SSSR count). The quantitative estimate of drug-likeness (QED) is 0.636. The van der Waals surface area contributed by atoms with Gasteiger partial charge in [-0.3, -0.25) is 0 Å². The fourth-order valence-electron chi connectivity index (χ4n) is 0.740. The fraction of sp³-hybridized carbons (Fsp3) is 0. The Morgan fingerprint density at radius 2 is 2.36 bits per heavy atom. The summed E-state index contributed by atoms with van der Waals surface area (Å²) in [5.41, 5.74) is 4.38. The molecule has 0 saturated heterocycles. The number of thiazole rings is 1. The lowest BCUT2D eigenvalue weighted by Crippen LogP contribution is -1.84. The monoisotopic (exact) mass is 162 g/mol. The van der Waals surface area contributed by atoms with Gasteiger partial charge in [-0.15, -0.1) is 16.4 Å². The van der Waals surface area contributed by atoms with Gasteiger partial charge >= 0.3 is 0 Å². The van der Waals surface area contributed by atoms with E-state index in [1.54, 1.807) is 6.20 Å². The topological polar surface area (TPSA) is 38.7 Å². The van der Waals surface area contributed by atoms with E-state index in [4.69, 9.17) is 0 Å². The van der Waals surface area contributed by atoms with E-state index in [2.05, 4.69) is 20.7 Å². The van der Waals surface area contributed by atoms with Gasteiger partial charge in [0, 0.05) is 11.6 Å². The van der Waals surface area contributed by atoms with Crippen molar-refractivity contribution < 1.29 is 0 Å². The van der Waals surface area contributed by atoms with Crippen molar-refractivity contribution in [2.45, 2.75) is 0 Å². The van der Waals surface area contributed by atoms with E-state index in [1.165, 1.54) is 11.3 Å². The van der Waals surface area contributed by atoms with Crippen LogP contribution in [0.3, 0.4) is 0 Å². The average molecular weight is 162 g/mol. The molecular formula is C7H4N3S. The maximum Gasteiger partial charge on any atom is 0.152 e. The molecule has 0 N–H and O–H groups in total. The molecule has 2 aromatic rings. The van der Waals surface area contributed by atoms with Crippen molar-refractivity contribution in [1.29, 1.82) is 0 Å². The Balaban J connectivity index is 2.46. The maximum atomic E-state index is 3.98. The van der Waals surface area contributed by atoms with Crippen LogP contribution in [0.25, 0.3) is 11.4 Å². The van der Waals surface area contributed by atoms with E-state index in [-0.39, 0.29) is 0 Å². The molecule has 3 nitrogen and oxygen atoms in total. The minimum absolute atomic E-state index is 0.796. The predicted molar refractivity (Wildman–Crippen MR) is 42.0 cm³/mol. The van der Waals surface area contributed by atoms with E-state index >= 15 is 0 Å². The van der Waals surface area contributed by atoms with Crippen LogP contribution in [-0.4, -0.2) is 15.2 Å². The van der Waals surface area contributed by atoms with Crippen molar-refractivity contribution in [3.63, 3.8) is 0 Å². The number of rotatable bonds is 1. The first-order valence-electron chi connectivity index (χ1n) is 3.06. The first-order chi connectivity index (χ1) is 5.47. The Hall–Kier alpha value is -1.29. The summed E-state index contributed by atoms with van der Waals surface area (Å²) in [6.07, 6.45) is 1.64. The van der Waals surface area contributed by atoms with Crippen LogP contribution in [0.15, 0.2) is 23.7 Å². The SMILES string of the molecule is [c]1nc(-c2cccnn2)cs1. The molecule has 0 saturated carbocycles. The maximum absolute atomic E-state index is 3.98. The van der Waals surface area contributed by atoms with Crippen molar-refractivity contribution in [2.24, 2.45) is 0 Å². The molecular weight excluding hydrogens is 158 g/mol. The van der Waals surface area contributed by atoms with Crippen LogP contribution in [0.5, 0.6) is 0 Å². The molecule has 0 spiro atoms. The van der Waals surface area contributed by atoms with Crippen LogP contribution < -0.4 is 0 Å². The Labute approximate surface area is 67.8 Å². The van der Waals surface area contributed by atoms with Crippen LogP contribution in [-0.2, 0) is 0 Å². The zero-order valence-corrected chi connectivity index (χ0v) is 6.38. The molecule has 2 aromatic heterocycles. The second-order valence-electron chi connectivity index (χ2n) is 1.93. The van der Waals surface area contributed by atoms with Crippen LogP contribution in [0.1, 0.15) is 0 Å². The lowest BCUT2D eigenvalue weighted by Gasteiger charge is -1.89. The van der Waals surface area contributed by atoms with Crippen LogP contribution in [0.2, 0.25) is 0 Å². The lowest BCUT2D eigenvalue weighted by molar-refractivity contribution is 1.03. The van der Waals surface area contributed by atoms with Gasteiger partial charge in [0.1, 0.15) is 11.4 Å². The molecule has 53 valence electrons. The molecule has 0 aliphatic heterocycles. The summed E-state index contributed by atoms with van der Waals surface area (Å²) in [4.78, 5) is 3.98. The molecule has 0 aromatic carbocycles. The van der Waals surface area contributed by atoms with Gasteiger partial charge in [0.25, 0.3) is 0 Å². The highest BCUT2D eigenvalue weighted by molar-refractivity contribution is 7.07. The fourth-order valence-corrected chi connectivity index (χ4v) is 1.23.